The topological polar surface area (TPSA) is 34.0 Å². The summed E-state index contributed by atoms with van der Waals surface area (Å²) in [5.41, 5.74) is 0. The Balaban J connectivity index is 2.73. The Bertz CT molecular complexity index is 364. The predicted octanol–water partition coefficient (Wildman–Crippen LogP) is 2.46. The molecule has 1 heterocycles. The van der Waals surface area contributed by atoms with Crippen LogP contribution in [-0.2, 0) is 6.54 Å². The third-order valence-electron chi connectivity index (χ3n) is 2.31. The molecule has 0 radical (unpaired) electrons. The van der Waals surface area contributed by atoms with Crippen LogP contribution in [0.15, 0.2) is 6.33 Å². The fourth-order valence-corrected chi connectivity index (χ4v) is 1.84. The van der Waals surface area contributed by atoms with E-state index in [9.17, 15) is 13.2 Å². The molecular weight excluding hydrogens is 269 g/mol. The van der Waals surface area contributed by atoms with E-state index in [0.717, 1.165) is 0 Å². The maximum absolute atomic E-state index is 12.4. The molecule has 0 atom stereocenters. The van der Waals surface area contributed by atoms with E-state index in [2.05, 4.69) is 10.1 Å². The fourth-order valence-electron chi connectivity index (χ4n) is 1.61. The summed E-state index contributed by atoms with van der Waals surface area (Å²) in [5.74, 6) is 0.658. The molecule has 0 aliphatic rings. The molecule has 0 fully saturated rings. The van der Waals surface area contributed by atoms with E-state index in [0.29, 0.717) is 5.82 Å². The van der Waals surface area contributed by atoms with Crippen molar-refractivity contribution in [1.82, 2.24) is 19.7 Å². The maximum Gasteiger partial charge on any atom is 0.401 e. The number of halogens is 4. The lowest BCUT2D eigenvalue weighted by Crippen LogP contribution is -2.36. The summed E-state index contributed by atoms with van der Waals surface area (Å²) in [5, 5.41) is 3.99. The molecule has 1 aromatic heterocycles. The Morgan fingerprint density at radius 1 is 1.44 bits per heavy atom. The second kappa shape index (κ2) is 6.38. The van der Waals surface area contributed by atoms with Crippen LogP contribution < -0.4 is 0 Å². The van der Waals surface area contributed by atoms with Crippen LogP contribution in [0.3, 0.4) is 0 Å². The van der Waals surface area contributed by atoms with Gasteiger partial charge < -0.3 is 0 Å². The molecule has 1 aromatic rings. The van der Waals surface area contributed by atoms with E-state index >= 15 is 0 Å². The third-order valence-corrected chi connectivity index (χ3v) is 2.47. The summed E-state index contributed by atoms with van der Waals surface area (Å²) in [6.07, 6.45) is -2.89. The van der Waals surface area contributed by atoms with Crippen LogP contribution in [0, 0.1) is 0 Å². The summed E-state index contributed by atoms with van der Waals surface area (Å²) >= 11 is 5.52. The molecule has 0 aliphatic carbocycles. The van der Waals surface area contributed by atoms with E-state index in [1.165, 1.54) is 11.2 Å². The van der Waals surface area contributed by atoms with Gasteiger partial charge in [0.2, 0.25) is 0 Å². The van der Waals surface area contributed by atoms with Gasteiger partial charge in [0.25, 0.3) is 0 Å². The minimum atomic E-state index is -4.24. The van der Waals surface area contributed by atoms with Crippen LogP contribution in [-0.4, -0.2) is 44.8 Å². The number of hydrogen-bond donors (Lipinski definition) is 0. The van der Waals surface area contributed by atoms with Gasteiger partial charge in [-0.25, -0.2) is 9.67 Å². The van der Waals surface area contributed by atoms with Crippen LogP contribution >= 0.6 is 11.6 Å². The average Bonchev–Trinajstić information content (AvgIpc) is 2.63. The Hall–Kier alpha value is -0.820. The second-order valence-corrected chi connectivity index (χ2v) is 4.61. The molecule has 1 rings (SSSR count). The molecule has 0 aliphatic heterocycles. The van der Waals surface area contributed by atoms with Crippen LogP contribution in [0.4, 0.5) is 13.2 Å². The Morgan fingerprint density at radius 2 is 2.11 bits per heavy atom. The molecule has 0 amide bonds. The van der Waals surface area contributed by atoms with Gasteiger partial charge in [-0.2, -0.15) is 18.3 Å². The SMILES string of the molecule is CC(C)n1ncnc1CN(CCCl)CC(F)(F)F. The minimum absolute atomic E-state index is 0.0613. The van der Waals surface area contributed by atoms with Crippen molar-refractivity contribution in [3.05, 3.63) is 12.2 Å². The molecule has 0 saturated heterocycles. The molecular formula is C10H16ClF3N4. The smallest absolute Gasteiger partial charge is 0.286 e. The van der Waals surface area contributed by atoms with Gasteiger partial charge in [-0.1, -0.05) is 0 Å². The lowest BCUT2D eigenvalue weighted by Gasteiger charge is -2.22. The highest BCUT2D eigenvalue weighted by Crippen LogP contribution is 2.18. The highest BCUT2D eigenvalue weighted by molar-refractivity contribution is 6.18. The van der Waals surface area contributed by atoms with Crippen molar-refractivity contribution in [2.24, 2.45) is 0 Å². The van der Waals surface area contributed by atoms with Crippen molar-refractivity contribution in [3.63, 3.8) is 0 Å². The minimum Gasteiger partial charge on any atom is -0.286 e. The van der Waals surface area contributed by atoms with Gasteiger partial charge >= 0.3 is 6.18 Å². The van der Waals surface area contributed by atoms with Crippen molar-refractivity contribution < 1.29 is 13.2 Å². The van der Waals surface area contributed by atoms with Crippen LogP contribution in [0.2, 0.25) is 0 Å². The highest BCUT2D eigenvalue weighted by atomic mass is 35.5. The number of alkyl halides is 4. The predicted molar refractivity (Wildman–Crippen MR) is 62.5 cm³/mol. The van der Waals surface area contributed by atoms with Crippen molar-refractivity contribution in [3.8, 4) is 0 Å². The Kier molecular flexibility index (Phi) is 5.40. The molecule has 0 spiro atoms. The zero-order chi connectivity index (χ0) is 13.8. The number of rotatable bonds is 6. The number of aromatic nitrogens is 3. The van der Waals surface area contributed by atoms with Gasteiger partial charge in [0.15, 0.2) is 0 Å². The van der Waals surface area contributed by atoms with E-state index in [1.807, 2.05) is 13.8 Å². The van der Waals surface area contributed by atoms with Crippen molar-refractivity contribution >= 4 is 11.6 Å². The fraction of sp³-hybridized carbons (Fsp3) is 0.800. The first-order valence-corrected chi connectivity index (χ1v) is 6.10. The molecule has 0 saturated carbocycles. The number of nitrogens with zero attached hydrogens (tertiary/aromatic N) is 4. The Labute approximate surface area is 109 Å². The van der Waals surface area contributed by atoms with Gasteiger partial charge in [0.1, 0.15) is 12.2 Å². The third kappa shape index (κ3) is 4.81. The molecule has 104 valence electrons. The summed E-state index contributed by atoms with van der Waals surface area (Å²) in [6.45, 7) is 3.04. The van der Waals surface area contributed by atoms with Crippen molar-refractivity contribution in [2.75, 3.05) is 19.0 Å². The van der Waals surface area contributed by atoms with E-state index < -0.39 is 12.7 Å². The quantitative estimate of drug-likeness (QED) is 0.753. The summed E-state index contributed by atoms with van der Waals surface area (Å²) in [4.78, 5) is 5.21. The van der Waals surface area contributed by atoms with Crippen LogP contribution in [0.5, 0.6) is 0 Å². The monoisotopic (exact) mass is 284 g/mol. The lowest BCUT2D eigenvalue weighted by atomic mass is 10.3. The molecule has 0 aromatic carbocycles. The van der Waals surface area contributed by atoms with Gasteiger partial charge in [0.05, 0.1) is 13.1 Å². The highest BCUT2D eigenvalue weighted by Gasteiger charge is 2.31. The molecule has 18 heavy (non-hydrogen) atoms. The van der Waals surface area contributed by atoms with Crippen molar-refractivity contribution in [1.29, 1.82) is 0 Å². The summed E-state index contributed by atoms with van der Waals surface area (Å²) in [6, 6.07) is 0.0613. The molecule has 0 bridgehead atoms. The first-order chi connectivity index (χ1) is 8.33. The molecule has 8 heteroatoms. The first kappa shape index (κ1) is 15.2. The average molecular weight is 285 g/mol. The van der Waals surface area contributed by atoms with E-state index in [1.54, 1.807) is 4.68 Å². The number of hydrogen-bond acceptors (Lipinski definition) is 3. The Morgan fingerprint density at radius 3 is 2.61 bits per heavy atom. The van der Waals surface area contributed by atoms with Gasteiger partial charge in [0, 0.05) is 18.5 Å². The van der Waals surface area contributed by atoms with Gasteiger partial charge in [-0.3, -0.25) is 4.90 Å². The summed E-state index contributed by atoms with van der Waals surface area (Å²) < 4.78 is 38.8. The largest absolute Gasteiger partial charge is 0.401 e. The van der Waals surface area contributed by atoms with E-state index in [-0.39, 0.29) is 25.0 Å². The second-order valence-electron chi connectivity index (χ2n) is 4.23. The van der Waals surface area contributed by atoms with Gasteiger partial charge in [-0.15, -0.1) is 11.6 Å². The standard InChI is InChI=1S/C10H16ClF3N4/c1-8(2)18-9(15-7-16-18)5-17(4-3-11)6-10(12,13)14/h7-8H,3-6H2,1-2H3. The van der Waals surface area contributed by atoms with Gasteiger partial charge in [-0.05, 0) is 13.8 Å². The lowest BCUT2D eigenvalue weighted by molar-refractivity contribution is -0.146. The zero-order valence-electron chi connectivity index (χ0n) is 10.3. The molecule has 0 N–H and O–H groups in total. The maximum atomic E-state index is 12.4. The van der Waals surface area contributed by atoms with Crippen LogP contribution in [0.25, 0.3) is 0 Å². The normalized spacial score (nSPS) is 12.7. The molecule has 0 unspecified atom stereocenters. The van der Waals surface area contributed by atoms with Crippen molar-refractivity contribution in [2.45, 2.75) is 32.6 Å². The molecule has 4 nitrogen and oxygen atoms in total. The zero-order valence-corrected chi connectivity index (χ0v) is 11.0. The van der Waals surface area contributed by atoms with Crippen LogP contribution in [0.1, 0.15) is 25.7 Å². The van der Waals surface area contributed by atoms with E-state index in [4.69, 9.17) is 11.6 Å². The summed E-state index contributed by atoms with van der Waals surface area (Å²) in [7, 11) is 0. The first-order valence-electron chi connectivity index (χ1n) is 5.57.